The van der Waals surface area contributed by atoms with Crippen LogP contribution in [0.4, 0.5) is 0 Å². The lowest BCUT2D eigenvalue weighted by Gasteiger charge is -2.36. The van der Waals surface area contributed by atoms with Crippen molar-refractivity contribution in [3.05, 3.63) is 0 Å². The number of piperidine rings is 1. The summed E-state index contributed by atoms with van der Waals surface area (Å²) in [4.78, 5) is 2.68. The fraction of sp³-hybridized carbons (Fsp3) is 1.00. The third-order valence-corrected chi connectivity index (χ3v) is 3.80. The molecule has 2 rings (SSSR count). The van der Waals surface area contributed by atoms with Crippen LogP contribution in [0.25, 0.3) is 0 Å². The molecule has 0 aromatic rings. The van der Waals surface area contributed by atoms with Crippen molar-refractivity contribution in [2.45, 2.75) is 33.1 Å². The van der Waals surface area contributed by atoms with Gasteiger partial charge in [-0.25, -0.2) is 0 Å². The summed E-state index contributed by atoms with van der Waals surface area (Å²) in [6.07, 6.45) is 4.20. The minimum Gasteiger partial charge on any atom is -0.316 e. The Balaban J connectivity index is 1.83. The van der Waals surface area contributed by atoms with Crippen molar-refractivity contribution in [1.82, 2.24) is 10.2 Å². The highest BCUT2D eigenvalue weighted by atomic mass is 15.1. The summed E-state index contributed by atoms with van der Waals surface area (Å²) in [6, 6.07) is 0. The van der Waals surface area contributed by atoms with Gasteiger partial charge in [-0.2, -0.15) is 0 Å². The van der Waals surface area contributed by atoms with Crippen LogP contribution in [0.1, 0.15) is 33.1 Å². The Morgan fingerprint density at radius 2 is 2.36 bits per heavy atom. The van der Waals surface area contributed by atoms with E-state index in [-0.39, 0.29) is 0 Å². The molecule has 14 heavy (non-hydrogen) atoms. The summed E-state index contributed by atoms with van der Waals surface area (Å²) in [5, 5.41) is 3.49. The molecule has 2 heteroatoms. The number of rotatable bonds is 2. The summed E-state index contributed by atoms with van der Waals surface area (Å²) >= 11 is 0. The van der Waals surface area contributed by atoms with Gasteiger partial charge in [0, 0.05) is 19.6 Å². The van der Waals surface area contributed by atoms with Gasteiger partial charge < -0.3 is 10.2 Å². The molecule has 0 aromatic carbocycles. The molecule has 2 aliphatic heterocycles. The first-order valence-electron chi connectivity index (χ1n) is 6.11. The zero-order chi connectivity index (χ0) is 10.0. The predicted molar refractivity (Wildman–Crippen MR) is 60.4 cm³/mol. The minimum absolute atomic E-state index is 0.553. The van der Waals surface area contributed by atoms with E-state index in [1.54, 1.807) is 0 Å². The molecule has 1 unspecified atom stereocenters. The van der Waals surface area contributed by atoms with Gasteiger partial charge >= 0.3 is 0 Å². The van der Waals surface area contributed by atoms with Gasteiger partial charge in [-0.1, -0.05) is 13.8 Å². The number of likely N-dealkylation sites (tertiary alicyclic amines) is 1. The molecule has 2 aliphatic rings. The lowest BCUT2D eigenvalue weighted by atomic mass is 9.88. The second-order valence-electron chi connectivity index (χ2n) is 5.72. The number of nitrogens with one attached hydrogen (secondary N) is 1. The molecule has 2 atom stereocenters. The molecule has 0 bridgehead atoms. The van der Waals surface area contributed by atoms with E-state index < -0.39 is 0 Å². The van der Waals surface area contributed by atoms with Crippen LogP contribution in [-0.4, -0.2) is 37.6 Å². The molecule has 2 saturated heterocycles. The van der Waals surface area contributed by atoms with Crippen LogP contribution >= 0.6 is 0 Å². The summed E-state index contributed by atoms with van der Waals surface area (Å²) in [5.41, 5.74) is 0.553. The van der Waals surface area contributed by atoms with Crippen LogP contribution in [0.2, 0.25) is 0 Å². The van der Waals surface area contributed by atoms with Gasteiger partial charge in [-0.15, -0.1) is 0 Å². The Kier molecular flexibility index (Phi) is 3.13. The lowest BCUT2D eigenvalue weighted by molar-refractivity contribution is 0.126. The first-order valence-corrected chi connectivity index (χ1v) is 6.11. The Morgan fingerprint density at radius 3 is 3.00 bits per heavy atom. The van der Waals surface area contributed by atoms with Crippen molar-refractivity contribution in [1.29, 1.82) is 0 Å². The van der Waals surface area contributed by atoms with Crippen LogP contribution in [0.3, 0.4) is 0 Å². The molecular formula is C12H24N2. The summed E-state index contributed by atoms with van der Waals surface area (Å²) in [5.74, 6) is 0.918. The SMILES string of the molecule is C[C@H]1CCCN(CC2(C)CCNC2)C1. The summed E-state index contributed by atoms with van der Waals surface area (Å²) in [6.45, 7) is 11.2. The molecule has 1 N–H and O–H groups in total. The monoisotopic (exact) mass is 196 g/mol. The van der Waals surface area contributed by atoms with Crippen molar-refractivity contribution < 1.29 is 0 Å². The molecule has 0 saturated carbocycles. The second kappa shape index (κ2) is 4.19. The third-order valence-electron chi connectivity index (χ3n) is 3.80. The standard InChI is InChI=1S/C12H24N2/c1-11-4-3-7-14(8-11)10-12(2)5-6-13-9-12/h11,13H,3-10H2,1-2H3/t11-,12?/m0/s1. The molecule has 0 amide bonds. The normalized spacial score (nSPS) is 40.3. The predicted octanol–water partition coefficient (Wildman–Crippen LogP) is 1.72. The van der Waals surface area contributed by atoms with Crippen molar-refractivity contribution in [2.75, 3.05) is 32.7 Å². The molecule has 2 fully saturated rings. The Morgan fingerprint density at radius 1 is 1.50 bits per heavy atom. The highest BCUT2D eigenvalue weighted by Crippen LogP contribution is 2.27. The van der Waals surface area contributed by atoms with Crippen LogP contribution in [0.15, 0.2) is 0 Å². The average molecular weight is 196 g/mol. The van der Waals surface area contributed by atoms with Gasteiger partial charge in [0.15, 0.2) is 0 Å². The Hall–Kier alpha value is -0.0800. The van der Waals surface area contributed by atoms with Crippen LogP contribution in [0, 0.1) is 11.3 Å². The van der Waals surface area contributed by atoms with E-state index in [4.69, 9.17) is 0 Å². The summed E-state index contributed by atoms with van der Waals surface area (Å²) < 4.78 is 0. The molecule has 0 aliphatic carbocycles. The largest absolute Gasteiger partial charge is 0.316 e. The molecule has 0 radical (unpaired) electrons. The van der Waals surface area contributed by atoms with Crippen molar-refractivity contribution in [2.24, 2.45) is 11.3 Å². The Labute approximate surface area is 88.1 Å². The van der Waals surface area contributed by atoms with Crippen molar-refractivity contribution in [3.63, 3.8) is 0 Å². The van der Waals surface area contributed by atoms with Gasteiger partial charge in [-0.3, -0.25) is 0 Å². The lowest BCUT2D eigenvalue weighted by Crippen LogP contribution is -2.42. The van der Waals surface area contributed by atoms with Crippen LogP contribution < -0.4 is 5.32 Å². The number of nitrogens with zero attached hydrogens (tertiary/aromatic N) is 1. The van der Waals surface area contributed by atoms with E-state index in [2.05, 4.69) is 24.1 Å². The van der Waals surface area contributed by atoms with Gasteiger partial charge in [0.05, 0.1) is 0 Å². The zero-order valence-corrected chi connectivity index (χ0v) is 9.68. The number of hydrogen-bond donors (Lipinski definition) is 1. The second-order valence-corrected chi connectivity index (χ2v) is 5.72. The minimum atomic E-state index is 0.553. The van der Waals surface area contributed by atoms with Gasteiger partial charge in [0.2, 0.25) is 0 Å². The highest BCUT2D eigenvalue weighted by molar-refractivity contribution is 4.87. The molecule has 2 heterocycles. The van der Waals surface area contributed by atoms with Gasteiger partial charge in [0.25, 0.3) is 0 Å². The van der Waals surface area contributed by atoms with Gasteiger partial charge in [0.1, 0.15) is 0 Å². The average Bonchev–Trinajstić information content (AvgIpc) is 2.51. The maximum absolute atomic E-state index is 3.49. The molecule has 82 valence electrons. The van der Waals surface area contributed by atoms with E-state index in [1.807, 2.05) is 0 Å². The van der Waals surface area contributed by atoms with E-state index in [9.17, 15) is 0 Å². The number of hydrogen-bond acceptors (Lipinski definition) is 2. The highest BCUT2D eigenvalue weighted by Gasteiger charge is 2.31. The molecule has 0 spiro atoms. The molecule has 2 nitrogen and oxygen atoms in total. The van der Waals surface area contributed by atoms with Crippen molar-refractivity contribution >= 4 is 0 Å². The summed E-state index contributed by atoms with van der Waals surface area (Å²) in [7, 11) is 0. The van der Waals surface area contributed by atoms with E-state index in [0.717, 1.165) is 5.92 Å². The van der Waals surface area contributed by atoms with Crippen LogP contribution in [-0.2, 0) is 0 Å². The first kappa shape index (κ1) is 10.4. The topological polar surface area (TPSA) is 15.3 Å². The first-order chi connectivity index (χ1) is 6.68. The van der Waals surface area contributed by atoms with E-state index >= 15 is 0 Å². The third kappa shape index (κ3) is 2.48. The van der Waals surface area contributed by atoms with Gasteiger partial charge in [-0.05, 0) is 43.7 Å². The van der Waals surface area contributed by atoms with E-state index in [1.165, 1.54) is 52.0 Å². The fourth-order valence-corrected chi connectivity index (χ4v) is 2.97. The van der Waals surface area contributed by atoms with Crippen molar-refractivity contribution in [3.8, 4) is 0 Å². The molecule has 0 aromatic heterocycles. The Bertz CT molecular complexity index is 185. The smallest absolute Gasteiger partial charge is 0.00481 e. The maximum Gasteiger partial charge on any atom is 0.00481 e. The maximum atomic E-state index is 3.49. The fourth-order valence-electron chi connectivity index (χ4n) is 2.97. The molecular weight excluding hydrogens is 172 g/mol. The van der Waals surface area contributed by atoms with Crippen LogP contribution in [0.5, 0.6) is 0 Å². The quantitative estimate of drug-likeness (QED) is 0.723. The van der Waals surface area contributed by atoms with E-state index in [0.29, 0.717) is 5.41 Å². The zero-order valence-electron chi connectivity index (χ0n) is 9.68.